The molecule has 20 heavy (non-hydrogen) atoms. The topological polar surface area (TPSA) is 55.8 Å². The van der Waals surface area contributed by atoms with Crippen LogP contribution in [0, 0.1) is 0 Å². The molecule has 0 radical (unpaired) electrons. The summed E-state index contributed by atoms with van der Waals surface area (Å²) in [5.41, 5.74) is 0.955. The van der Waals surface area contributed by atoms with Gasteiger partial charge in [0, 0.05) is 6.42 Å². The molecule has 2 rings (SSSR count). The molecule has 1 aromatic rings. The maximum atomic E-state index is 11.6. The van der Waals surface area contributed by atoms with Crippen molar-refractivity contribution in [2.75, 3.05) is 6.61 Å². The Balaban J connectivity index is 2.04. The highest BCUT2D eigenvalue weighted by atomic mass is 16.7. The standard InChI is InChI=1S/C16H22O4/c17-15(18)16(11-7-2-1-3-8-12-19-16)20-13-14-9-5-4-6-10-14/h4-6,9-10H,1-3,7-8,11-13H2,(H,17,18). The van der Waals surface area contributed by atoms with E-state index in [0.717, 1.165) is 37.7 Å². The summed E-state index contributed by atoms with van der Waals surface area (Å²) in [6.07, 6.45) is 5.39. The first kappa shape index (κ1) is 15.0. The maximum absolute atomic E-state index is 11.6. The molecule has 1 N–H and O–H groups in total. The third-order valence-corrected chi connectivity index (χ3v) is 3.63. The van der Waals surface area contributed by atoms with E-state index < -0.39 is 11.8 Å². The number of benzene rings is 1. The molecule has 0 spiro atoms. The number of hydrogen-bond donors (Lipinski definition) is 1. The van der Waals surface area contributed by atoms with Crippen LogP contribution in [-0.2, 0) is 20.9 Å². The number of carboxylic acids is 1. The molecule has 1 aromatic carbocycles. The lowest BCUT2D eigenvalue weighted by molar-refractivity contribution is -0.252. The lowest BCUT2D eigenvalue weighted by Gasteiger charge is -2.29. The molecule has 1 saturated heterocycles. The van der Waals surface area contributed by atoms with E-state index in [0.29, 0.717) is 13.0 Å². The Bertz CT molecular complexity index is 406. The van der Waals surface area contributed by atoms with Crippen LogP contribution in [0.5, 0.6) is 0 Å². The zero-order valence-electron chi connectivity index (χ0n) is 11.7. The molecule has 1 fully saturated rings. The van der Waals surface area contributed by atoms with Crippen LogP contribution in [-0.4, -0.2) is 23.5 Å². The number of hydrogen-bond acceptors (Lipinski definition) is 3. The molecule has 110 valence electrons. The van der Waals surface area contributed by atoms with Gasteiger partial charge in [-0.3, -0.25) is 0 Å². The Morgan fingerprint density at radius 3 is 2.60 bits per heavy atom. The smallest absolute Gasteiger partial charge is 0.364 e. The quantitative estimate of drug-likeness (QED) is 0.917. The fraction of sp³-hybridized carbons (Fsp3) is 0.562. The van der Waals surface area contributed by atoms with Gasteiger partial charge in [0.05, 0.1) is 13.2 Å². The Hall–Kier alpha value is -1.39. The van der Waals surface area contributed by atoms with Crippen LogP contribution in [0.2, 0.25) is 0 Å². The third kappa shape index (κ3) is 4.05. The fourth-order valence-corrected chi connectivity index (χ4v) is 2.42. The molecule has 1 atom stereocenters. The van der Waals surface area contributed by atoms with Crippen molar-refractivity contribution in [2.24, 2.45) is 0 Å². The summed E-state index contributed by atoms with van der Waals surface area (Å²) >= 11 is 0. The summed E-state index contributed by atoms with van der Waals surface area (Å²) in [5, 5.41) is 9.53. The van der Waals surface area contributed by atoms with Crippen molar-refractivity contribution >= 4 is 5.97 Å². The molecule has 1 aliphatic rings. The minimum Gasteiger partial charge on any atom is -0.477 e. The van der Waals surface area contributed by atoms with Crippen LogP contribution < -0.4 is 0 Å². The summed E-state index contributed by atoms with van der Waals surface area (Å²) in [6, 6.07) is 9.59. The van der Waals surface area contributed by atoms with Gasteiger partial charge >= 0.3 is 5.97 Å². The normalized spacial score (nSPS) is 24.4. The van der Waals surface area contributed by atoms with Gasteiger partial charge in [0.25, 0.3) is 5.79 Å². The van der Waals surface area contributed by atoms with Crippen LogP contribution in [0.3, 0.4) is 0 Å². The molecule has 0 bridgehead atoms. The predicted octanol–water partition coefficient (Wildman–Crippen LogP) is 3.35. The van der Waals surface area contributed by atoms with Crippen molar-refractivity contribution < 1.29 is 19.4 Å². The van der Waals surface area contributed by atoms with Crippen molar-refractivity contribution in [1.82, 2.24) is 0 Å². The minimum absolute atomic E-state index is 0.257. The van der Waals surface area contributed by atoms with Gasteiger partial charge in [-0.2, -0.15) is 0 Å². The fourth-order valence-electron chi connectivity index (χ4n) is 2.42. The summed E-state index contributed by atoms with van der Waals surface area (Å²) in [5.74, 6) is -2.50. The van der Waals surface area contributed by atoms with Crippen LogP contribution in [0.25, 0.3) is 0 Å². The van der Waals surface area contributed by atoms with Gasteiger partial charge in [-0.15, -0.1) is 0 Å². The number of carboxylic acid groups (broad SMARTS) is 1. The third-order valence-electron chi connectivity index (χ3n) is 3.63. The summed E-state index contributed by atoms with van der Waals surface area (Å²) in [4.78, 5) is 11.6. The van der Waals surface area contributed by atoms with E-state index in [2.05, 4.69) is 0 Å². The van der Waals surface area contributed by atoms with Gasteiger partial charge in [-0.25, -0.2) is 4.79 Å². The van der Waals surface area contributed by atoms with Crippen LogP contribution >= 0.6 is 0 Å². The van der Waals surface area contributed by atoms with E-state index in [1.807, 2.05) is 30.3 Å². The second-order valence-corrected chi connectivity index (χ2v) is 5.20. The van der Waals surface area contributed by atoms with E-state index in [4.69, 9.17) is 9.47 Å². The molecule has 0 saturated carbocycles. The van der Waals surface area contributed by atoms with Crippen molar-refractivity contribution in [3.05, 3.63) is 35.9 Å². The monoisotopic (exact) mass is 278 g/mol. The second-order valence-electron chi connectivity index (χ2n) is 5.20. The summed E-state index contributed by atoms with van der Waals surface area (Å²) in [7, 11) is 0. The van der Waals surface area contributed by atoms with Gasteiger partial charge in [0.15, 0.2) is 0 Å². The summed E-state index contributed by atoms with van der Waals surface area (Å²) < 4.78 is 11.3. The Morgan fingerprint density at radius 2 is 1.85 bits per heavy atom. The largest absolute Gasteiger partial charge is 0.477 e. The van der Waals surface area contributed by atoms with E-state index in [-0.39, 0.29) is 6.61 Å². The minimum atomic E-state index is -1.49. The Labute approximate surface area is 119 Å². The van der Waals surface area contributed by atoms with Crippen LogP contribution in [0.4, 0.5) is 0 Å². The van der Waals surface area contributed by atoms with Crippen molar-refractivity contribution in [3.63, 3.8) is 0 Å². The molecular formula is C16H22O4. The molecule has 0 amide bonds. The van der Waals surface area contributed by atoms with Crippen molar-refractivity contribution in [3.8, 4) is 0 Å². The SMILES string of the molecule is O=C(O)C1(OCc2ccccc2)CCCCCCCO1. The van der Waals surface area contributed by atoms with E-state index in [1.54, 1.807) is 0 Å². The van der Waals surface area contributed by atoms with E-state index in [1.165, 1.54) is 0 Å². The zero-order chi connectivity index (χ0) is 14.3. The molecule has 0 aliphatic carbocycles. The number of ether oxygens (including phenoxy) is 2. The number of aliphatic carboxylic acids is 1. The van der Waals surface area contributed by atoms with Gasteiger partial charge in [-0.1, -0.05) is 49.6 Å². The molecule has 0 aromatic heterocycles. The molecule has 4 heteroatoms. The van der Waals surface area contributed by atoms with Crippen molar-refractivity contribution in [2.45, 2.75) is 50.9 Å². The predicted molar refractivity (Wildman–Crippen MR) is 75.3 cm³/mol. The average molecular weight is 278 g/mol. The maximum Gasteiger partial charge on any atom is 0.364 e. The lowest BCUT2D eigenvalue weighted by atomic mass is 10.1. The average Bonchev–Trinajstić information content (AvgIpc) is 2.59. The van der Waals surface area contributed by atoms with Crippen LogP contribution in [0.15, 0.2) is 30.3 Å². The van der Waals surface area contributed by atoms with Crippen molar-refractivity contribution in [1.29, 1.82) is 0 Å². The van der Waals surface area contributed by atoms with Crippen LogP contribution in [0.1, 0.15) is 44.1 Å². The first-order valence-corrected chi connectivity index (χ1v) is 7.28. The first-order valence-electron chi connectivity index (χ1n) is 7.28. The van der Waals surface area contributed by atoms with Gasteiger partial charge < -0.3 is 14.6 Å². The molecule has 1 aliphatic heterocycles. The molecule has 1 heterocycles. The first-order chi connectivity index (χ1) is 9.73. The van der Waals surface area contributed by atoms with E-state index >= 15 is 0 Å². The number of rotatable bonds is 4. The van der Waals surface area contributed by atoms with E-state index in [9.17, 15) is 9.90 Å². The summed E-state index contributed by atoms with van der Waals surface area (Å²) in [6.45, 7) is 0.703. The Kier molecular flexibility index (Phi) is 5.56. The van der Waals surface area contributed by atoms with Gasteiger partial charge in [0.1, 0.15) is 0 Å². The molecule has 1 unspecified atom stereocenters. The van der Waals surface area contributed by atoms with Gasteiger partial charge in [0.2, 0.25) is 0 Å². The molecule has 4 nitrogen and oxygen atoms in total. The second kappa shape index (κ2) is 7.41. The number of carbonyl (C=O) groups is 1. The highest BCUT2D eigenvalue weighted by molar-refractivity contribution is 5.75. The lowest BCUT2D eigenvalue weighted by Crippen LogP contribution is -2.44. The highest BCUT2D eigenvalue weighted by Crippen LogP contribution is 2.26. The molecular weight excluding hydrogens is 256 g/mol. The zero-order valence-corrected chi connectivity index (χ0v) is 11.7. The highest BCUT2D eigenvalue weighted by Gasteiger charge is 2.41. The van der Waals surface area contributed by atoms with Gasteiger partial charge in [-0.05, 0) is 18.4 Å². The Morgan fingerprint density at radius 1 is 1.15 bits per heavy atom.